The van der Waals surface area contributed by atoms with Crippen molar-refractivity contribution >= 4 is 5.91 Å². The van der Waals surface area contributed by atoms with Crippen molar-refractivity contribution < 1.29 is 13.7 Å². The molecule has 0 radical (unpaired) electrons. The van der Waals surface area contributed by atoms with Gasteiger partial charge in [0.15, 0.2) is 0 Å². The molecule has 0 N–H and O–H groups in total. The lowest BCUT2D eigenvalue weighted by molar-refractivity contribution is -0.131. The molecule has 1 saturated heterocycles. The zero-order valence-electron chi connectivity index (χ0n) is 12.8. The first kappa shape index (κ1) is 14.8. The van der Waals surface area contributed by atoms with E-state index in [1.54, 1.807) is 12.1 Å². The van der Waals surface area contributed by atoms with Gasteiger partial charge >= 0.3 is 0 Å². The van der Waals surface area contributed by atoms with Gasteiger partial charge in [-0.05, 0) is 44.4 Å². The highest BCUT2D eigenvalue weighted by atomic mass is 19.1. The van der Waals surface area contributed by atoms with Crippen LogP contribution in [0.25, 0.3) is 0 Å². The van der Waals surface area contributed by atoms with Crippen LogP contribution in [0.2, 0.25) is 0 Å². The predicted octanol–water partition coefficient (Wildman–Crippen LogP) is 3.34. The first-order valence-electron chi connectivity index (χ1n) is 7.53. The van der Waals surface area contributed by atoms with Gasteiger partial charge in [-0.15, -0.1) is 0 Å². The van der Waals surface area contributed by atoms with Gasteiger partial charge in [-0.3, -0.25) is 4.79 Å². The number of carbonyl (C=O) groups is 1. The monoisotopic (exact) mass is 302 g/mol. The Bertz CT molecular complexity index is 659. The Labute approximate surface area is 128 Å². The van der Waals surface area contributed by atoms with Crippen LogP contribution in [0.1, 0.15) is 41.5 Å². The van der Waals surface area contributed by atoms with E-state index in [4.69, 9.17) is 4.52 Å². The Morgan fingerprint density at radius 3 is 2.73 bits per heavy atom. The lowest BCUT2D eigenvalue weighted by Gasteiger charge is -2.25. The molecule has 1 amide bonds. The Hall–Kier alpha value is -2.17. The highest BCUT2D eigenvalue weighted by Gasteiger charge is 2.33. The molecule has 5 heteroatoms. The second-order valence-electron chi connectivity index (χ2n) is 5.79. The van der Waals surface area contributed by atoms with Gasteiger partial charge in [0.2, 0.25) is 5.91 Å². The van der Waals surface area contributed by atoms with E-state index in [0.717, 1.165) is 42.0 Å². The van der Waals surface area contributed by atoms with Crippen molar-refractivity contribution in [2.45, 2.75) is 39.2 Å². The zero-order chi connectivity index (χ0) is 15.7. The van der Waals surface area contributed by atoms with Crippen LogP contribution in [0.3, 0.4) is 0 Å². The Balaban J connectivity index is 1.78. The number of nitrogens with zero attached hydrogens (tertiary/aromatic N) is 2. The van der Waals surface area contributed by atoms with Crippen molar-refractivity contribution in [2.75, 3.05) is 6.54 Å². The number of amides is 1. The van der Waals surface area contributed by atoms with Gasteiger partial charge in [-0.1, -0.05) is 17.3 Å². The summed E-state index contributed by atoms with van der Waals surface area (Å²) in [6.07, 6.45) is 2.20. The highest BCUT2D eigenvalue weighted by molar-refractivity contribution is 5.79. The van der Waals surface area contributed by atoms with Gasteiger partial charge in [0, 0.05) is 12.1 Å². The molecule has 1 aliphatic heterocycles. The number of halogens is 1. The van der Waals surface area contributed by atoms with Crippen LogP contribution < -0.4 is 0 Å². The number of rotatable bonds is 3. The molecule has 22 heavy (non-hydrogen) atoms. The Morgan fingerprint density at radius 1 is 1.36 bits per heavy atom. The van der Waals surface area contributed by atoms with E-state index in [-0.39, 0.29) is 17.8 Å². The Kier molecular flexibility index (Phi) is 3.96. The molecule has 0 spiro atoms. The zero-order valence-corrected chi connectivity index (χ0v) is 12.8. The van der Waals surface area contributed by atoms with Crippen LogP contribution in [0.5, 0.6) is 0 Å². The van der Waals surface area contributed by atoms with Crippen LogP contribution >= 0.6 is 0 Å². The minimum atomic E-state index is -0.286. The molecule has 1 aliphatic rings. The first-order chi connectivity index (χ1) is 10.6. The summed E-state index contributed by atoms with van der Waals surface area (Å²) in [5.74, 6) is 0.559. The number of hydrogen-bond donors (Lipinski definition) is 0. The van der Waals surface area contributed by atoms with Crippen LogP contribution in [0.15, 0.2) is 28.8 Å². The van der Waals surface area contributed by atoms with E-state index in [0.29, 0.717) is 6.42 Å². The molecule has 0 unspecified atom stereocenters. The molecule has 0 bridgehead atoms. The maximum absolute atomic E-state index is 12.9. The standard InChI is InChI=1S/C17H19FN2O2/c1-11-17(12(2)22-19-11)15-4-3-9-20(15)16(21)10-13-5-7-14(18)8-6-13/h5-8,15H,3-4,9-10H2,1-2H3/t15-/m1/s1. The fourth-order valence-corrected chi connectivity index (χ4v) is 3.21. The lowest BCUT2D eigenvalue weighted by Crippen LogP contribution is -2.32. The Morgan fingerprint density at radius 2 is 2.09 bits per heavy atom. The summed E-state index contributed by atoms with van der Waals surface area (Å²) in [7, 11) is 0. The number of likely N-dealkylation sites (tertiary alicyclic amines) is 1. The van der Waals surface area contributed by atoms with E-state index < -0.39 is 0 Å². The van der Waals surface area contributed by atoms with Crippen LogP contribution in [0.4, 0.5) is 4.39 Å². The summed E-state index contributed by atoms with van der Waals surface area (Å²) in [5.41, 5.74) is 2.71. The third-order valence-corrected chi connectivity index (χ3v) is 4.26. The summed E-state index contributed by atoms with van der Waals surface area (Å²) < 4.78 is 18.2. The van der Waals surface area contributed by atoms with Gasteiger partial charge in [-0.25, -0.2) is 4.39 Å². The summed E-state index contributed by atoms with van der Waals surface area (Å²) >= 11 is 0. The van der Waals surface area contributed by atoms with Gasteiger partial charge in [0.05, 0.1) is 18.2 Å². The molecule has 2 aromatic rings. The van der Waals surface area contributed by atoms with Crippen molar-refractivity contribution in [1.29, 1.82) is 0 Å². The van der Waals surface area contributed by atoms with Crippen molar-refractivity contribution in [3.05, 3.63) is 52.7 Å². The summed E-state index contributed by atoms with van der Waals surface area (Å²) in [6, 6.07) is 6.14. The molecule has 3 rings (SSSR count). The number of carbonyl (C=O) groups excluding carboxylic acids is 1. The smallest absolute Gasteiger partial charge is 0.227 e. The van der Waals surface area contributed by atoms with Crippen LogP contribution in [-0.4, -0.2) is 22.5 Å². The van der Waals surface area contributed by atoms with E-state index in [1.807, 2.05) is 18.7 Å². The normalized spacial score (nSPS) is 18.0. The average molecular weight is 302 g/mol. The van der Waals surface area contributed by atoms with Crippen LogP contribution in [0, 0.1) is 19.7 Å². The fraction of sp³-hybridized carbons (Fsp3) is 0.412. The van der Waals surface area contributed by atoms with E-state index in [2.05, 4.69) is 5.16 Å². The summed E-state index contributed by atoms with van der Waals surface area (Å²) in [5, 5.41) is 3.99. The molecule has 0 aliphatic carbocycles. The molecule has 1 atom stereocenters. The molecule has 1 aromatic carbocycles. The van der Waals surface area contributed by atoms with Crippen LogP contribution in [-0.2, 0) is 11.2 Å². The van der Waals surface area contributed by atoms with Crippen molar-refractivity contribution in [3.63, 3.8) is 0 Å². The largest absolute Gasteiger partial charge is 0.361 e. The average Bonchev–Trinajstić information content (AvgIpc) is 3.08. The minimum absolute atomic E-state index is 0.0409. The molecule has 1 fully saturated rings. The van der Waals surface area contributed by atoms with Gasteiger partial charge in [-0.2, -0.15) is 0 Å². The van der Waals surface area contributed by atoms with E-state index in [9.17, 15) is 9.18 Å². The second kappa shape index (κ2) is 5.91. The first-order valence-corrected chi connectivity index (χ1v) is 7.53. The van der Waals surface area contributed by atoms with Gasteiger partial charge in [0.1, 0.15) is 11.6 Å². The lowest BCUT2D eigenvalue weighted by atomic mass is 10.0. The SMILES string of the molecule is Cc1noc(C)c1[C@H]1CCCN1C(=O)Cc1ccc(F)cc1. The maximum atomic E-state index is 12.9. The molecule has 116 valence electrons. The van der Waals surface area contributed by atoms with Gasteiger partial charge < -0.3 is 9.42 Å². The molecule has 0 saturated carbocycles. The second-order valence-corrected chi connectivity index (χ2v) is 5.79. The molecule has 2 heterocycles. The minimum Gasteiger partial charge on any atom is -0.361 e. The molecular weight excluding hydrogens is 283 g/mol. The van der Waals surface area contributed by atoms with Crippen molar-refractivity contribution in [1.82, 2.24) is 10.1 Å². The summed E-state index contributed by atoms with van der Waals surface area (Å²) in [4.78, 5) is 14.5. The van der Waals surface area contributed by atoms with E-state index in [1.165, 1.54) is 12.1 Å². The van der Waals surface area contributed by atoms with E-state index >= 15 is 0 Å². The maximum Gasteiger partial charge on any atom is 0.227 e. The number of benzene rings is 1. The number of hydrogen-bond acceptors (Lipinski definition) is 3. The third-order valence-electron chi connectivity index (χ3n) is 4.26. The molecule has 1 aromatic heterocycles. The van der Waals surface area contributed by atoms with Crippen molar-refractivity contribution in [2.24, 2.45) is 0 Å². The number of aromatic nitrogens is 1. The summed E-state index contributed by atoms with van der Waals surface area (Å²) in [6.45, 7) is 4.54. The van der Waals surface area contributed by atoms with Gasteiger partial charge in [0.25, 0.3) is 0 Å². The molecular formula is C17H19FN2O2. The fourth-order valence-electron chi connectivity index (χ4n) is 3.21. The van der Waals surface area contributed by atoms with Crippen molar-refractivity contribution in [3.8, 4) is 0 Å². The topological polar surface area (TPSA) is 46.3 Å². The third kappa shape index (κ3) is 2.75. The highest BCUT2D eigenvalue weighted by Crippen LogP contribution is 2.35. The quantitative estimate of drug-likeness (QED) is 0.873. The molecule has 4 nitrogen and oxygen atoms in total. The number of aryl methyl sites for hydroxylation is 2. The predicted molar refractivity (Wildman–Crippen MR) is 79.8 cm³/mol.